The number of nitrogens with one attached hydrogen (secondary N) is 2. The molecule has 174 valence electrons. The molecule has 2 amide bonds. The Balaban J connectivity index is 1.22. The number of carbonyl (C=O) groups is 3. The first kappa shape index (κ1) is 22.8. The van der Waals surface area contributed by atoms with Gasteiger partial charge in [-0.15, -0.1) is 0 Å². The second-order valence-electron chi connectivity index (χ2n) is 8.82. The van der Waals surface area contributed by atoms with Crippen LogP contribution in [-0.4, -0.2) is 42.3 Å². The van der Waals surface area contributed by atoms with E-state index in [0.29, 0.717) is 25.8 Å². The van der Waals surface area contributed by atoms with Gasteiger partial charge in [-0.1, -0.05) is 48.5 Å². The molecular formula is C26H30N2O5. The highest BCUT2D eigenvalue weighted by molar-refractivity contribution is 5.80. The number of hydrogen-bond acceptors (Lipinski definition) is 4. The molecule has 0 spiro atoms. The maximum absolute atomic E-state index is 12.5. The fraction of sp³-hybridized carbons (Fsp3) is 0.423. The van der Waals surface area contributed by atoms with Crippen molar-refractivity contribution in [3.8, 4) is 11.1 Å². The highest BCUT2D eigenvalue weighted by Crippen LogP contribution is 2.44. The third kappa shape index (κ3) is 5.53. The molecule has 0 radical (unpaired) electrons. The molecule has 2 aromatic rings. The predicted octanol–water partition coefficient (Wildman–Crippen LogP) is 4.06. The van der Waals surface area contributed by atoms with Gasteiger partial charge in [-0.25, -0.2) is 4.79 Å². The molecule has 1 saturated carbocycles. The third-order valence-corrected chi connectivity index (χ3v) is 6.59. The van der Waals surface area contributed by atoms with Crippen LogP contribution in [0.4, 0.5) is 4.79 Å². The SMILES string of the molecule is O=C(O)CCCCNC(=O)C1CCC(NC(=O)OCC2c3ccccc3-c3ccccc32)C1. The lowest BCUT2D eigenvalue weighted by Crippen LogP contribution is -2.36. The van der Waals surface area contributed by atoms with Crippen LogP contribution in [0.1, 0.15) is 55.6 Å². The minimum absolute atomic E-state index is 0.0198. The third-order valence-electron chi connectivity index (χ3n) is 6.59. The van der Waals surface area contributed by atoms with E-state index in [-0.39, 0.29) is 36.8 Å². The quantitative estimate of drug-likeness (QED) is 0.500. The van der Waals surface area contributed by atoms with Gasteiger partial charge < -0.3 is 20.5 Å². The van der Waals surface area contributed by atoms with Gasteiger partial charge in [-0.2, -0.15) is 0 Å². The minimum Gasteiger partial charge on any atom is -0.481 e. The van der Waals surface area contributed by atoms with Crippen molar-refractivity contribution in [3.05, 3.63) is 59.7 Å². The summed E-state index contributed by atoms with van der Waals surface area (Å²) in [6.45, 7) is 0.750. The second kappa shape index (κ2) is 10.5. The van der Waals surface area contributed by atoms with Gasteiger partial charge in [0, 0.05) is 30.8 Å². The number of aliphatic carboxylic acids is 1. The largest absolute Gasteiger partial charge is 0.481 e. The van der Waals surface area contributed by atoms with Crippen LogP contribution in [0.3, 0.4) is 0 Å². The number of unbranched alkanes of at least 4 members (excludes halogenated alkanes) is 1. The number of carboxylic acid groups (broad SMARTS) is 1. The van der Waals surface area contributed by atoms with Gasteiger partial charge in [0.25, 0.3) is 0 Å². The van der Waals surface area contributed by atoms with Crippen LogP contribution in [-0.2, 0) is 14.3 Å². The molecule has 7 heteroatoms. The Morgan fingerprint density at radius 1 is 0.939 bits per heavy atom. The van der Waals surface area contributed by atoms with Gasteiger partial charge in [-0.05, 0) is 54.4 Å². The lowest BCUT2D eigenvalue weighted by molar-refractivity contribution is -0.137. The van der Waals surface area contributed by atoms with Gasteiger partial charge >= 0.3 is 12.1 Å². The van der Waals surface area contributed by atoms with Crippen molar-refractivity contribution in [2.75, 3.05) is 13.2 Å². The van der Waals surface area contributed by atoms with Crippen molar-refractivity contribution in [1.82, 2.24) is 10.6 Å². The van der Waals surface area contributed by atoms with Crippen LogP contribution < -0.4 is 10.6 Å². The first-order valence-electron chi connectivity index (χ1n) is 11.6. The van der Waals surface area contributed by atoms with E-state index in [1.54, 1.807) is 0 Å². The van der Waals surface area contributed by atoms with E-state index in [4.69, 9.17) is 9.84 Å². The topological polar surface area (TPSA) is 105 Å². The first-order valence-corrected chi connectivity index (χ1v) is 11.6. The van der Waals surface area contributed by atoms with Crippen molar-refractivity contribution in [3.63, 3.8) is 0 Å². The molecule has 2 aliphatic carbocycles. The van der Waals surface area contributed by atoms with Crippen LogP contribution in [0.25, 0.3) is 11.1 Å². The Labute approximate surface area is 193 Å². The molecule has 0 aromatic heterocycles. The van der Waals surface area contributed by atoms with Crippen molar-refractivity contribution in [1.29, 1.82) is 0 Å². The van der Waals surface area contributed by atoms with Crippen molar-refractivity contribution in [2.24, 2.45) is 5.92 Å². The zero-order valence-electron chi connectivity index (χ0n) is 18.6. The van der Waals surface area contributed by atoms with E-state index >= 15 is 0 Å². The Kier molecular flexibility index (Phi) is 7.27. The molecule has 1 fully saturated rings. The summed E-state index contributed by atoms with van der Waals surface area (Å²) in [7, 11) is 0. The Morgan fingerprint density at radius 2 is 1.61 bits per heavy atom. The molecule has 4 rings (SSSR count). The number of carboxylic acids is 1. The summed E-state index contributed by atoms with van der Waals surface area (Å²) in [5.74, 6) is -0.962. The molecule has 2 aromatic carbocycles. The molecule has 2 unspecified atom stereocenters. The fourth-order valence-corrected chi connectivity index (χ4v) is 4.91. The van der Waals surface area contributed by atoms with Crippen LogP contribution in [0.15, 0.2) is 48.5 Å². The molecule has 0 heterocycles. The van der Waals surface area contributed by atoms with Crippen LogP contribution in [0.5, 0.6) is 0 Å². The number of hydrogen-bond donors (Lipinski definition) is 3. The van der Waals surface area contributed by atoms with E-state index in [9.17, 15) is 14.4 Å². The fourth-order valence-electron chi connectivity index (χ4n) is 4.91. The summed E-state index contributed by atoms with van der Waals surface area (Å²) >= 11 is 0. The summed E-state index contributed by atoms with van der Waals surface area (Å²) in [6.07, 6.45) is 2.91. The van der Waals surface area contributed by atoms with E-state index < -0.39 is 12.1 Å². The van der Waals surface area contributed by atoms with E-state index in [0.717, 1.165) is 12.8 Å². The first-order chi connectivity index (χ1) is 16.0. The molecule has 3 N–H and O–H groups in total. The van der Waals surface area contributed by atoms with Crippen molar-refractivity contribution < 1.29 is 24.2 Å². The highest BCUT2D eigenvalue weighted by Gasteiger charge is 2.32. The number of benzene rings is 2. The smallest absolute Gasteiger partial charge is 0.407 e. The number of rotatable bonds is 9. The number of fused-ring (bicyclic) bond motifs is 3. The molecule has 2 aliphatic rings. The average Bonchev–Trinajstić information content (AvgIpc) is 3.40. The van der Waals surface area contributed by atoms with Crippen LogP contribution >= 0.6 is 0 Å². The summed E-state index contributed by atoms with van der Waals surface area (Å²) in [5, 5.41) is 14.4. The maximum Gasteiger partial charge on any atom is 0.407 e. The van der Waals surface area contributed by atoms with Crippen molar-refractivity contribution in [2.45, 2.75) is 50.5 Å². The molecule has 33 heavy (non-hydrogen) atoms. The van der Waals surface area contributed by atoms with Crippen LogP contribution in [0, 0.1) is 5.92 Å². The van der Waals surface area contributed by atoms with Crippen LogP contribution in [0.2, 0.25) is 0 Å². The lowest BCUT2D eigenvalue weighted by Gasteiger charge is -2.17. The number of amides is 2. The minimum atomic E-state index is -0.820. The molecule has 2 atom stereocenters. The zero-order chi connectivity index (χ0) is 23.2. The highest BCUT2D eigenvalue weighted by atomic mass is 16.5. The van der Waals surface area contributed by atoms with Gasteiger partial charge in [0.1, 0.15) is 6.61 Å². The molecule has 7 nitrogen and oxygen atoms in total. The van der Waals surface area contributed by atoms with Gasteiger partial charge in [0.05, 0.1) is 0 Å². The predicted molar refractivity (Wildman–Crippen MR) is 124 cm³/mol. The molecular weight excluding hydrogens is 420 g/mol. The summed E-state index contributed by atoms with van der Waals surface area (Å²) in [6, 6.07) is 16.4. The number of carbonyl (C=O) groups excluding carboxylic acids is 2. The maximum atomic E-state index is 12.5. The van der Waals surface area contributed by atoms with Crippen molar-refractivity contribution >= 4 is 18.0 Å². The monoisotopic (exact) mass is 450 g/mol. The summed E-state index contributed by atoms with van der Waals surface area (Å²) < 4.78 is 5.61. The normalized spacial score (nSPS) is 18.9. The average molecular weight is 451 g/mol. The zero-order valence-corrected chi connectivity index (χ0v) is 18.6. The van der Waals surface area contributed by atoms with E-state index in [2.05, 4.69) is 34.9 Å². The van der Waals surface area contributed by atoms with E-state index in [1.807, 2.05) is 24.3 Å². The van der Waals surface area contributed by atoms with Gasteiger partial charge in [-0.3, -0.25) is 9.59 Å². The molecule has 0 saturated heterocycles. The summed E-state index contributed by atoms with van der Waals surface area (Å²) in [4.78, 5) is 35.3. The summed E-state index contributed by atoms with van der Waals surface area (Å²) in [5.41, 5.74) is 4.73. The van der Waals surface area contributed by atoms with Gasteiger partial charge in [0.2, 0.25) is 5.91 Å². The standard InChI is InChI=1S/C26H30N2O5/c29-24(30)11-5-6-14-27-25(31)17-12-13-18(15-17)28-26(32)33-16-23-21-9-3-1-7-19(21)20-8-2-4-10-22(20)23/h1-4,7-10,17-18,23H,5-6,11-16H2,(H,27,31)(H,28,32)(H,29,30). The van der Waals surface area contributed by atoms with E-state index in [1.165, 1.54) is 22.3 Å². The Morgan fingerprint density at radius 3 is 2.27 bits per heavy atom. The Hall–Kier alpha value is -3.35. The Bertz CT molecular complexity index is 976. The number of ether oxygens (including phenoxy) is 1. The van der Waals surface area contributed by atoms with Gasteiger partial charge in [0.15, 0.2) is 0 Å². The lowest BCUT2D eigenvalue weighted by atomic mass is 9.98. The molecule has 0 aliphatic heterocycles. The second-order valence-corrected chi connectivity index (χ2v) is 8.82. The number of alkyl carbamates (subject to hydrolysis) is 1. The molecule has 0 bridgehead atoms.